The second-order valence-electron chi connectivity index (χ2n) is 6.75. The van der Waals surface area contributed by atoms with E-state index in [-0.39, 0.29) is 47.7 Å². The van der Waals surface area contributed by atoms with Crippen LogP contribution < -0.4 is 10.6 Å². The number of nitro benzene ring substituents is 1. The molecular formula is C17H28IN5O3. The maximum Gasteiger partial charge on any atom is 0.269 e. The van der Waals surface area contributed by atoms with Gasteiger partial charge in [-0.15, -0.1) is 24.0 Å². The summed E-state index contributed by atoms with van der Waals surface area (Å²) in [5.41, 5.74) is 0.621. The van der Waals surface area contributed by atoms with Crippen LogP contribution in [-0.2, 0) is 11.3 Å². The molecule has 1 aromatic rings. The molecule has 0 atom stereocenters. The van der Waals surface area contributed by atoms with Crippen LogP contribution in [0, 0.1) is 10.1 Å². The van der Waals surface area contributed by atoms with E-state index in [0.717, 1.165) is 5.56 Å². The van der Waals surface area contributed by atoms with E-state index >= 15 is 0 Å². The zero-order chi connectivity index (χ0) is 19.0. The first-order chi connectivity index (χ1) is 11.6. The van der Waals surface area contributed by atoms with Gasteiger partial charge >= 0.3 is 0 Å². The summed E-state index contributed by atoms with van der Waals surface area (Å²) in [5.74, 6) is 0.515. The molecule has 0 unspecified atom stereocenters. The Morgan fingerprint density at radius 2 is 1.85 bits per heavy atom. The molecule has 0 bridgehead atoms. The van der Waals surface area contributed by atoms with Crippen LogP contribution in [0.4, 0.5) is 5.69 Å². The number of halogens is 1. The molecule has 9 heteroatoms. The minimum absolute atomic E-state index is 0. The Hall–Kier alpha value is -1.91. The summed E-state index contributed by atoms with van der Waals surface area (Å²) in [4.78, 5) is 28.5. The van der Waals surface area contributed by atoms with Crippen molar-refractivity contribution in [1.82, 2.24) is 15.5 Å². The summed E-state index contributed by atoms with van der Waals surface area (Å²) in [6.45, 7) is 8.96. The molecule has 0 spiro atoms. The van der Waals surface area contributed by atoms with Gasteiger partial charge in [0.1, 0.15) is 0 Å². The predicted octanol–water partition coefficient (Wildman–Crippen LogP) is 2.52. The molecule has 0 radical (unpaired) electrons. The number of non-ortho nitro benzene ring substituents is 1. The molecule has 1 amide bonds. The van der Waals surface area contributed by atoms with Crippen molar-refractivity contribution in [1.29, 1.82) is 0 Å². The van der Waals surface area contributed by atoms with Crippen molar-refractivity contribution < 1.29 is 9.72 Å². The van der Waals surface area contributed by atoms with E-state index in [0.29, 0.717) is 19.0 Å². The van der Waals surface area contributed by atoms with Crippen molar-refractivity contribution in [2.24, 2.45) is 4.99 Å². The third-order valence-corrected chi connectivity index (χ3v) is 3.15. The van der Waals surface area contributed by atoms with Gasteiger partial charge in [0.15, 0.2) is 5.96 Å². The maximum absolute atomic E-state index is 12.1. The predicted molar refractivity (Wildman–Crippen MR) is 114 cm³/mol. The topological polar surface area (TPSA) is 99.9 Å². The molecule has 1 aromatic carbocycles. The van der Waals surface area contributed by atoms with E-state index in [1.54, 1.807) is 24.1 Å². The lowest BCUT2D eigenvalue weighted by molar-refractivity contribution is -0.384. The summed E-state index contributed by atoms with van der Waals surface area (Å²) >= 11 is 0. The Labute approximate surface area is 171 Å². The average molecular weight is 477 g/mol. The maximum atomic E-state index is 12.1. The number of carbonyl (C=O) groups excluding carboxylic acids is 1. The highest BCUT2D eigenvalue weighted by Gasteiger charge is 2.16. The van der Waals surface area contributed by atoms with Crippen LogP contribution in [0.1, 0.15) is 33.3 Å². The Bertz CT molecular complexity index is 626. The van der Waals surface area contributed by atoms with Crippen molar-refractivity contribution >= 4 is 41.5 Å². The first kappa shape index (κ1) is 24.1. The largest absolute Gasteiger partial charge is 0.357 e. The van der Waals surface area contributed by atoms with Crippen LogP contribution in [0.2, 0.25) is 0 Å². The number of benzene rings is 1. The van der Waals surface area contributed by atoms with Crippen molar-refractivity contribution in [2.45, 2.75) is 39.8 Å². The minimum Gasteiger partial charge on any atom is -0.357 e. The third-order valence-electron chi connectivity index (χ3n) is 3.15. The first-order valence-electron chi connectivity index (χ1n) is 8.16. The molecule has 1 rings (SSSR count). The number of nitrogens with zero attached hydrogens (tertiary/aromatic N) is 3. The highest BCUT2D eigenvalue weighted by molar-refractivity contribution is 14.0. The third kappa shape index (κ3) is 8.97. The Morgan fingerprint density at radius 3 is 2.31 bits per heavy atom. The normalized spacial score (nSPS) is 11.3. The lowest BCUT2D eigenvalue weighted by atomic mass is 10.1. The summed E-state index contributed by atoms with van der Waals surface area (Å²) in [6.07, 6.45) is 0. The molecule has 0 saturated carbocycles. The molecule has 26 heavy (non-hydrogen) atoms. The van der Waals surface area contributed by atoms with Gasteiger partial charge in [0.2, 0.25) is 5.91 Å². The van der Waals surface area contributed by atoms with Crippen LogP contribution in [0.15, 0.2) is 29.3 Å². The molecule has 0 fully saturated rings. The van der Waals surface area contributed by atoms with Crippen molar-refractivity contribution in [2.75, 3.05) is 20.1 Å². The van der Waals surface area contributed by atoms with Crippen LogP contribution in [-0.4, -0.2) is 47.4 Å². The highest BCUT2D eigenvalue weighted by atomic mass is 127. The summed E-state index contributed by atoms with van der Waals surface area (Å²) in [7, 11) is 1.79. The molecule has 0 heterocycles. The van der Waals surface area contributed by atoms with Crippen molar-refractivity contribution in [3.63, 3.8) is 0 Å². The van der Waals surface area contributed by atoms with E-state index in [1.807, 2.05) is 27.7 Å². The average Bonchev–Trinajstić information content (AvgIpc) is 2.49. The fourth-order valence-corrected chi connectivity index (χ4v) is 2.11. The van der Waals surface area contributed by atoms with E-state index < -0.39 is 4.92 Å². The van der Waals surface area contributed by atoms with Gasteiger partial charge in [-0.3, -0.25) is 14.9 Å². The summed E-state index contributed by atoms with van der Waals surface area (Å²) in [6, 6.07) is 6.27. The second kappa shape index (κ2) is 10.9. The molecule has 0 aliphatic heterocycles. The number of nitrogens with one attached hydrogen (secondary N) is 2. The standard InChI is InChI=1S/C17H27N5O3.HI/c1-6-18-16(21(5)12-15(23)20-17(2,3)4)19-11-13-7-9-14(10-8-13)22(24)25;/h7-10H,6,11-12H2,1-5H3,(H,18,19)(H,20,23);1H. The number of hydrogen-bond acceptors (Lipinski definition) is 4. The Kier molecular flexibility index (Phi) is 10.1. The molecular weight excluding hydrogens is 449 g/mol. The molecule has 2 N–H and O–H groups in total. The highest BCUT2D eigenvalue weighted by Crippen LogP contribution is 2.12. The molecule has 146 valence electrons. The fourth-order valence-electron chi connectivity index (χ4n) is 2.11. The van der Waals surface area contributed by atoms with Crippen molar-refractivity contribution in [3.05, 3.63) is 39.9 Å². The summed E-state index contributed by atoms with van der Waals surface area (Å²) < 4.78 is 0. The second-order valence-corrected chi connectivity index (χ2v) is 6.75. The van der Waals surface area contributed by atoms with Crippen LogP contribution in [0.3, 0.4) is 0 Å². The van der Waals surface area contributed by atoms with Gasteiger partial charge in [-0.05, 0) is 33.3 Å². The molecule has 0 aliphatic rings. The lowest BCUT2D eigenvalue weighted by Gasteiger charge is -2.25. The molecule has 0 saturated heterocycles. The Morgan fingerprint density at radius 1 is 1.27 bits per heavy atom. The van der Waals surface area contributed by atoms with Gasteiger partial charge in [-0.1, -0.05) is 12.1 Å². The number of nitro groups is 1. The van der Waals surface area contributed by atoms with E-state index in [2.05, 4.69) is 15.6 Å². The van der Waals surface area contributed by atoms with Gasteiger partial charge in [0.05, 0.1) is 18.0 Å². The SMILES string of the molecule is CCNC(=NCc1ccc([N+](=O)[O-])cc1)N(C)CC(=O)NC(C)(C)C.I. The molecule has 0 aliphatic carbocycles. The van der Waals surface area contributed by atoms with Crippen LogP contribution in [0.25, 0.3) is 0 Å². The van der Waals surface area contributed by atoms with Crippen LogP contribution in [0.5, 0.6) is 0 Å². The number of amides is 1. The fraction of sp³-hybridized carbons (Fsp3) is 0.529. The zero-order valence-electron chi connectivity index (χ0n) is 15.9. The smallest absolute Gasteiger partial charge is 0.269 e. The van der Waals surface area contributed by atoms with Gasteiger partial charge in [0, 0.05) is 31.3 Å². The number of guanidine groups is 1. The Balaban J connectivity index is 0.00000625. The van der Waals surface area contributed by atoms with E-state index in [4.69, 9.17) is 0 Å². The van der Waals surface area contributed by atoms with E-state index in [9.17, 15) is 14.9 Å². The lowest BCUT2D eigenvalue weighted by Crippen LogP contribution is -2.48. The quantitative estimate of drug-likeness (QED) is 0.216. The number of hydrogen-bond donors (Lipinski definition) is 2. The molecule has 8 nitrogen and oxygen atoms in total. The van der Waals surface area contributed by atoms with E-state index in [1.165, 1.54) is 12.1 Å². The minimum atomic E-state index is -0.432. The summed E-state index contributed by atoms with van der Waals surface area (Å²) in [5, 5.41) is 16.7. The number of likely N-dealkylation sites (N-methyl/N-ethyl adjacent to an activating group) is 1. The van der Waals surface area contributed by atoms with Gasteiger partial charge in [0.25, 0.3) is 5.69 Å². The van der Waals surface area contributed by atoms with Crippen LogP contribution >= 0.6 is 24.0 Å². The van der Waals surface area contributed by atoms with Gasteiger partial charge < -0.3 is 15.5 Å². The van der Waals surface area contributed by atoms with Gasteiger partial charge in [-0.2, -0.15) is 0 Å². The zero-order valence-corrected chi connectivity index (χ0v) is 18.2. The molecule has 0 aromatic heterocycles. The number of carbonyl (C=O) groups is 1. The van der Waals surface area contributed by atoms with Gasteiger partial charge in [-0.25, -0.2) is 4.99 Å². The van der Waals surface area contributed by atoms with Crippen molar-refractivity contribution in [3.8, 4) is 0 Å². The number of rotatable bonds is 6. The number of aliphatic imine (C=N–C) groups is 1. The monoisotopic (exact) mass is 477 g/mol. The first-order valence-corrected chi connectivity index (χ1v) is 8.16.